The molecule has 4 nitrogen and oxygen atoms in total. The summed E-state index contributed by atoms with van der Waals surface area (Å²) < 4.78 is 0. The van der Waals surface area contributed by atoms with Crippen molar-refractivity contribution in [2.24, 2.45) is 0 Å². The van der Waals surface area contributed by atoms with Crippen molar-refractivity contribution in [2.75, 3.05) is 0 Å². The minimum Gasteiger partial charge on any atom is -0.352 e. The average molecular weight is 223 g/mol. The molecule has 0 radical (unpaired) electrons. The molecule has 0 saturated heterocycles. The zero-order valence-electron chi connectivity index (χ0n) is 8.51. The first-order valence-electron chi connectivity index (χ1n) is 5.00. The molecule has 1 aliphatic rings. The Morgan fingerprint density at radius 2 is 2.20 bits per heavy atom. The molecular weight excluding hydrogens is 210 g/mol. The summed E-state index contributed by atoms with van der Waals surface area (Å²) in [5.74, 6) is 0.0787. The van der Waals surface area contributed by atoms with Crippen LogP contribution < -0.4 is 5.32 Å². The van der Waals surface area contributed by atoms with Gasteiger partial charge in [-0.2, -0.15) is 0 Å². The minimum atomic E-state index is -0.131. The predicted octanol–water partition coefficient (Wildman–Crippen LogP) is 1.24. The van der Waals surface area contributed by atoms with Crippen molar-refractivity contribution in [1.29, 1.82) is 0 Å². The lowest BCUT2D eigenvalue weighted by atomic mass is 10.4. The monoisotopic (exact) mass is 223 g/mol. The summed E-state index contributed by atoms with van der Waals surface area (Å²) in [6, 6.07) is 2.18. The summed E-state index contributed by atoms with van der Waals surface area (Å²) in [7, 11) is 0. The number of rotatable bonds is 4. The predicted molar refractivity (Wildman–Crippen MR) is 58.5 cm³/mol. The van der Waals surface area contributed by atoms with E-state index in [0.717, 1.165) is 12.8 Å². The Balaban J connectivity index is 1.85. The molecule has 1 aromatic heterocycles. The van der Waals surface area contributed by atoms with Crippen molar-refractivity contribution in [3.63, 3.8) is 0 Å². The number of nitrogens with zero attached hydrogens (tertiary/aromatic N) is 2. The molecule has 1 aromatic rings. The van der Waals surface area contributed by atoms with Gasteiger partial charge in [-0.05, 0) is 25.8 Å². The van der Waals surface area contributed by atoms with Crippen LogP contribution in [0.5, 0.6) is 0 Å². The molecule has 1 fully saturated rings. The lowest BCUT2D eigenvalue weighted by molar-refractivity contribution is -0.120. The van der Waals surface area contributed by atoms with Crippen molar-refractivity contribution in [3.8, 4) is 0 Å². The molecule has 1 amide bonds. The zero-order valence-corrected chi connectivity index (χ0v) is 9.33. The van der Waals surface area contributed by atoms with E-state index in [9.17, 15) is 4.79 Å². The number of nitrogens with one attached hydrogen (secondary N) is 1. The summed E-state index contributed by atoms with van der Waals surface area (Å²) in [6.45, 7) is 1.87. The average Bonchev–Trinajstić information content (AvgIpc) is 3.03. The Morgan fingerprint density at radius 3 is 2.80 bits per heavy atom. The quantitative estimate of drug-likeness (QED) is 0.616. The topological polar surface area (TPSA) is 54.9 Å². The van der Waals surface area contributed by atoms with E-state index in [2.05, 4.69) is 15.3 Å². The molecule has 2 rings (SSSR count). The van der Waals surface area contributed by atoms with E-state index in [1.807, 2.05) is 6.92 Å². The van der Waals surface area contributed by atoms with E-state index in [4.69, 9.17) is 0 Å². The first kappa shape index (κ1) is 10.4. The molecular formula is C10H13N3OS. The van der Waals surface area contributed by atoms with Gasteiger partial charge >= 0.3 is 0 Å². The van der Waals surface area contributed by atoms with Gasteiger partial charge in [-0.25, -0.2) is 9.97 Å². The van der Waals surface area contributed by atoms with Crippen LogP contribution in [0.25, 0.3) is 0 Å². The van der Waals surface area contributed by atoms with Gasteiger partial charge in [0.15, 0.2) is 5.16 Å². The second-order valence-electron chi connectivity index (χ2n) is 3.57. The number of carbonyl (C=O) groups excluding carboxylic acids is 1. The SMILES string of the molecule is CC(Sc1ncccn1)C(=O)NC1CC1. The Labute approximate surface area is 92.9 Å². The molecule has 0 aliphatic heterocycles. The van der Waals surface area contributed by atoms with E-state index < -0.39 is 0 Å². The highest BCUT2D eigenvalue weighted by Crippen LogP contribution is 2.22. The van der Waals surface area contributed by atoms with Crippen LogP contribution in [0.15, 0.2) is 23.6 Å². The summed E-state index contributed by atoms with van der Waals surface area (Å²) in [6.07, 6.45) is 5.59. The fourth-order valence-corrected chi connectivity index (χ4v) is 1.84. The smallest absolute Gasteiger partial charge is 0.233 e. The summed E-state index contributed by atoms with van der Waals surface area (Å²) in [4.78, 5) is 19.7. The number of thioether (sulfide) groups is 1. The lowest BCUT2D eigenvalue weighted by Crippen LogP contribution is -2.32. The number of aromatic nitrogens is 2. The molecule has 1 atom stereocenters. The number of amides is 1. The molecule has 80 valence electrons. The van der Waals surface area contributed by atoms with Gasteiger partial charge in [0.1, 0.15) is 0 Å². The number of hydrogen-bond acceptors (Lipinski definition) is 4. The fourth-order valence-electron chi connectivity index (χ4n) is 1.10. The zero-order chi connectivity index (χ0) is 10.7. The van der Waals surface area contributed by atoms with E-state index in [1.54, 1.807) is 18.5 Å². The number of carbonyl (C=O) groups is 1. The van der Waals surface area contributed by atoms with E-state index in [-0.39, 0.29) is 11.2 Å². The van der Waals surface area contributed by atoms with E-state index >= 15 is 0 Å². The number of hydrogen-bond donors (Lipinski definition) is 1. The van der Waals surface area contributed by atoms with Crippen molar-refractivity contribution < 1.29 is 4.79 Å². The van der Waals surface area contributed by atoms with Gasteiger partial charge in [0.25, 0.3) is 0 Å². The third-order valence-corrected chi connectivity index (χ3v) is 3.11. The third kappa shape index (κ3) is 3.20. The van der Waals surface area contributed by atoms with Crippen LogP contribution in [0.2, 0.25) is 0 Å². The Morgan fingerprint density at radius 1 is 1.53 bits per heavy atom. The molecule has 0 aromatic carbocycles. The minimum absolute atomic E-state index is 0.0787. The van der Waals surface area contributed by atoms with Crippen LogP contribution in [0.1, 0.15) is 19.8 Å². The van der Waals surface area contributed by atoms with Crippen LogP contribution in [-0.2, 0) is 4.79 Å². The molecule has 1 heterocycles. The molecule has 5 heteroatoms. The Bertz CT molecular complexity index is 340. The second-order valence-corrected chi connectivity index (χ2v) is 4.88. The highest BCUT2D eigenvalue weighted by molar-refractivity contribution is 8.00. The molecule has 0 spiro atoms. The van der Waals surface area contributed by atoms with Crippen LogP contribution in [-0.4, -0.2) is 27.2 Å². The van der Waals surface area contributed by atoms with Crippen molar-refractivity contribution in [3.05, 3.63) is 18.5 Å². The Kier molecular flexibility index (Phi) is 3.20. The molecule has 1 aliphatic carbocycles. The van der Waals surface area contributed by atoms with Gasteiger partial charge in [-0.1, -0.05) is 11.8 Å². The lowest BCUT2D eigenvalue weighted by Gasteiger charge is -2.09. The van der Waals surface area contributed by atoms with Crippen LogP contribution in [0, 0.1) is 0 Å². The van der Waals surface area contributed by atoms with Crippen LogP contribution in [0.3, 0.4) is 0 Å². The Hall–Kier alpha value is -1.10. The maximum absolute atomic E-state index is 11.6. The maximum Gasteiger partial charge on any atom is 0.233 e. The third-order valence-electron chi connectivity index (χ3n) is 2.12. The van der Waals surface area contributed by atoms with Gasteiger partial charge in [-0.3, -0.25) is 4.79 Å². The van der Waals surface area contributed by atoms with Crippen molar-refractivity contribution in [2.45, 2.75) is 36.2 Å². The van der Waals surface area contributed by atoms with Crippen LogP contribution in [0.4, 0.5) is 0 Å². The van der Waals surface area contributed by atoms with Crippen molar-refractivity contribution in [1.82, 2.24) is 15.3 Å². The van der Waals surface area contributed by atoms with Gasteiger partial charge < -0.3 is 5.32 Å². The molecule has 1 unspecified atom stereocenters. The normalized spacial score (nSPS) is 17.1. The molecule has 15 heavy (non-hydrogen) atoms. The fraction of sp³-hybridized carbons (Fsp3) is 0.500. The van der Waals surface area contributed by atoms with Gasteiger partial charge in [-0.15, -0.1) is 0 Å². The maximum atomic E-state index is 11.6. The van der Waals surface area contributed by atoms with Gasteiger partial charge in [0, 0.05) is 18.4 Å². The summed E-state index contributed by atoms with van der Waals surface area (Å²) >= 11 is 1.39. The largest absolute Gasteiger partial charge is 0.352 e. The van der Waals surface area contributed by atoms with E-state index in [0.29, 0.717) is 11.2 Å². The molecule has 0 bridgehead atoms. The second kappa shape index (κ2) is 4.61. The molecule has 1 saturated carbocycles. The molecule has 1 N–H and O–H groups in total. The van der Waals surface area contributed by atoms with Gasteiger partial charge in [0.2, 0.25) is 5.91 Å². The first-order chi connectivity index (χ1) is 7.25. The summed E-state index contributed by atoms with van der Waals surface area (Å²) in [5.41, 5.74) is 0. The van der Waals surface area contributed by atoms with E-state index in [1.165, 1.54) is 11.8 Å². The standard InChI is InChI=1S/C10H13N3OS/c1-7(9(14)13-8-3-4-8)15-10-11-5-2-6-12-10/h2,5-8H,3-4H2,1H3,(H,13,14). The van der Waals surface area contributed by atoms with Crippen molar-refractivity contribution >= 4 is 17.7 Å². The van der Waals surface area contributed by atoms with Crippen LogP contribution >= 0.6 is 11.8 Å². The highest BCUT2D eigenvalue weighted by Gasteiger charge is 2.26. The first-order valence-corrected chi connectivity index (χ1v) is 5.88. The highest BCUT2D eigenvalue weighted by atomic mass is 32.2. The van der Waals surface area contributed by atoms with Gasteiger partial charge in [0.05, 0.1) is 5.25 Å². The summed E-state index contributed by atoms with van der Waals surface area (Å²) in [5, 5.41) is 3.48.